The summed E-state index contributed by atoms with van der Waals surface area (Å²) in [6.07, 6.45) is 3.23. The topological polar surface area (TPSA) is 44.9 Å². The summed E-state index contributed by atoms with van der Waals surface area (Å²) in [6, 6.07) is 6.29. The minimum atomic E-state index is -0.210. The van der Waals surface area contributed by atoms with Crippen LogP contribution in [0, 0.1) is 0 Å². The third kappa shape index (κ3) is 2.14. The molecule has 0 atom stereocenters. The number of aryl methyl sites for hydroxylation is 2. The van der Waals surface area contributed by atoms with Gasteiger partial charge in [-0.15, -0.1) is 0 Å². The zero-order valence-corrected chi connectivity index (χ0v) is 11.8. The van der Waals surface area contributed by atoms with Crippen LogP contribution in [-0.2, 0) is 12.8 Å². The van der Waals surface area contributed by atoms with Crippen molar-refractivity contribution in [3.8, 4) is 0 Å². The minimum absolute atomic E-state index is 0.00606. The van der Waals surface area contributed by atoms with Crippen LogP contribution in [0.4, 0.5) is 0 Å². The molecule has 0 spiro atoms. The first-order valence-electron chi connectivity index (χ1n) is 6.91. The van der Waals surface area contributed by atoms with Gasteiger partial charge in [-0.1, -0.05) is 12.1 Å². The smallest absolute Gasteiger partial charge is 0.268 e. The number of H-pyrrole nitrogens is 1. The zero-order chi connectivity index (χ0) is 13.6. The minimum Gasteiger partial charge on any atom is -0.350 e. The molecule has 2 aromatic rings. The van der Waals surface area contributed by atoms with Gasteiger partial charge in [0, 0.05) is 16.4 Å². The Kier molecular flexibility index (Phi) is 2.66. The molecule has 2 N–H and O–H groups in total. The SMILES string of the molecule is CC(C)(C)NC(=O)c1[nH]c2cccc3c2c1CCC3. The molecule has 1 aliphatic carbocycles. The van der Waals surface area contributed by atoms with Crippen molar-refractivity contribution in [3.63, 3.8) is 0 Å². The fourth-order valence-electron chi connectivity index (χ4n) is 2.91. The van der Waals surface area contributed by atoms with Crippen LogP contribution in [0.3, 0.4) is 0 Å². The van der Waals surface area contributed by atoms with E-state index in [2.05, 4.69) is 28.5 Å². The Balaban J connectivity index is 2.11. The maximum absolute atomic E-state index is 12.4. The van der Waals surface area contributed by atoms with Crippen molar-refractivity contribution in [1.29, 1.82) is 0 Å². The molecule has 0 radical (unpaired) electrons. The van der Waals surface area contributed by atoms with Crippen LogP contribution in [-0.4, -0.2) is 16.4 Å². The molecule has 1 aliphatic rings. The van der Waals surface area contributed by atoms with Crippen LogP contribution in [0.2, 0.25) is 0 Å². The molecule has 3 nitrogen and oxygen atoms in total. The number of hydrogen-bond donors (Lipinski definition) is 2. The Morgan fingerprint density at radius 2 is 2.05 bits per heavy atom. The van der Waals surface area contributed by atoms with Gasteiger partial charge in [0.05, 0.1) is 0 Å². The summed E-state index contributed by atoms with van der Waals surface area (Å²) < 4.78 is 0. The number of amides is 1. The number of rotatable bonds is 1. The van der Waals surface area contributed by atoms with Crippen LogP contribution in [0.5, 0.6) is 0 Å². The van der Waals surface area contributed by atoms with E-state index in [-0.39, 0.29) is 11.4 Å². The molecule has 3 rings (SSSR count). The lowest BCUT2D eigenvalue weighted by Crippen LogP contribution is -2.41. The molecule has 0 unspecified atom stereocenters. The number of nitrogens with one attached hydrogen (secondary N) is 2. The highest BCUT2D eigenvalue weighted by Crippen LogP contribution is 2.32. The summed E-state index contributed by atoms with van der Waals surface area (Å²) in [6.45, 7) is 6.01. The standard InChI is InChI=1S/C16H20N2O/c1-16(2,3)18-15(19)14-11-8-4-6-10-7-5-9-12(17-14)13(10)11/h5,7,9,17H,4,6,8H2,1-3H3,(H,18,19). The molecule has 1 amide bonds. The molecule has 0 saturated heterocycles. The van der Waals surface area contributed by atoms with E-state index in [1.165, 1.54) is 16.5 Å². The summed E-state index contributed by atoms with van der Waals surface area (Å²) in [4.78, 5) is 15.7. The lowest BCUT2D eigenvalue weighted by Gasteiger charge is -2.21. The molecule has 0 bridgehead atoms. The van der Waals surface area contributed by atoms with Crippen molar-refractivity contribution in [2.75, 3.05) is 0 Å². The molecule has 0 fully saturated rings. The van der Waals surface area contributed by atoms with E-state index in [1.54, 1.807) is 0 Å². The summed E-state index contributed by atoms with van der Waals surface area (Å²) in [5.74, 6) is 0.00606. The largest absolute Gasteiger partial charge is 0.350 e. The number of carbonyl (C=O) groups excluding carboxylic acids is 1. The van der Waals surface area contributed by atoms with Gasteiger partial charge in [-0.2, -0.15) is 0 Å². The molecule has 0 saturated carbocycles. The number of aromatic nitrogens is 1. The van der Waals surface area contributed by atoms with Crippen molar-refractivity contribution in [2.24, 2.45) is 0 Å². The van der Waals surface area contributed by atoms with Crippen molar-refractivity contribution < 1.29 is 4.79 Å². The van der Waals surface area contributed by atoms with Gasteiger partial charge in [0.15, 0.2) is 0 Å². The lowest BCUT2D eigenvalue weighted by molar-refractivity contribution is 0.0914. The van der Waals surface area contributed by atoms with Gasteiger partial charge < -0.3 is 10.3 Å². The highest BCUT2D eigenvalue weighted by atomic mass is 16.2. The third-order valence-corrected chi connectivity index (χ3v) is 3.60. The van der Waals surface area contributed by atoms with Gasteiger partial charge in [0.1, 0.15) is 5.69 Å². The molecule has 0 aliphatic heterocycles. The molecular weight excluding hydrogens is 236 g/mol. The molecule has 1 heterocycles. The van der Waals surface area contributed by atoms with E-state index in [9.17, 15) is 4.79 Å². The summed E-state index contributed by atoms with van der Waals surface area (Å²) in [5, 5.41) is 4.32. The van der Waals surface area contributed by atoms with E-state index in [0.717, 1.165) is 30.5 Å². The third-order valence-electron chi connectivity index (χ3n) is 3.60. The second-order valence-corrected chi connectivity index (χ2v) is 6.38. The first-order chi connectivity index (χ1) is 8.96. The summed E-state index contributed by atoms with van der Waals surface area (Å²) in [5.41, 5.74) is 4.19. The van der Waals surface area contributed by atoms with Gasteiger partial charge in [-0.05, 0) is 57.2 Å². The Morgan fingerprint density at radius 1 is 1.26 bits per heavy atom. The van der Waals surface area contributed by atoms with Gasteiger partial charge in [0.25, 0.3) is 5.91 Å². The van der Waals surface area contributed by atoms with Crippen LogP contribution in [0.15, 0.2) is 18.2 Å². The second kappa shape index (κ2) is 4.12. The van der Waals surface area contributed by atoms with Crippen molar-refractivity contribution >= 4 is 16.8 Å². The maximum atomic E-state index is 12.4. The van der Waals surface area contributed by atoms with E-state index >= 15 is 0 Å². The van der Waals surface area contributed by atoms with E-state index in [1.807, 2.05) is 20.8 Å². The van der Waals surface area contributed by atoms with E-state index < -0.39 is 0 Å². The van der Waals surface area contributed by atoms with Crippen LogP contribution in [0.25, 0.3) is 10.9 Å². The van der Waals surface area contributed by atoms with Crippen LogP contribution < -0.4 is 5.32 Å². The number of benzene rings is 1. The van der Waals surface area contributed by atoms with Crippen LogP contribution in [0.1, 0.15) is 48.8 Å². The van der Waals surface area contributed by atoms with Gasteiger partial charge in [-0.3, -0.25) is 4.79 Å². The van der Waals surface area contributed by atoms with Crippen molar-refractivity contribution in [1.82, 2.24) is 10.3 Å². The van der Waals surface area contributed by atoms with Crippen molar-refractivity contribution in [2.45, 2.75) is 45.6 Å². The summed E-state index contributed by atoms with van der Waals surface area (Å²) in [7, 11) is 0. The molecule has 100 valence electrons. The van der Waals surface area contributed by atoms with E-state index in [0.29, 0.717) is 0 Å². The highest BCUT2D eigenvalue weighted by Gasteiger charge is 2.24. The fourth-order valence-corrected chi connectivity index (χ4v) is 2.91. The Labute approximate surface area is 113 Å². The molecule has 1 aromatic carbocycles. The van der Waals surface area contributed by atoms with Gasteiger partial charge in [-0.25, -0.2) is 0 Å². The quantitative estimate of drug-likeness (QED) is 0.808. The Hall–Kier alpha value is -1.77. The summed E-state index contributed by atoms with van der Waals surface area (Å²) >= 11 is 0. The maximum Gasteiger partial charge on any atom is 0.268 e. The average molecular weight is 256 g/mol. The van der Waals surface area contributed by atoms with Gasteiger partial charge in [0.2, 0.25) is 0 Å². The second-order valence-electron chi connectivity index (χ2n) is 6.38. The normalized spacial score (nSPS) is 14.7. The zero-order valence-electron chi connectivity index (χ0n) is 11.8. The highest BCUT2D eigenvalue weighted by molar-refractivity contribution is 6.02. The van der Waals surface area contributed by atoms with Gasteiger partial charge >= 0.3 is 0 Å². The number of aromatic amines is 1. The van der Waals surface area contributed by atoms with Crippen molar-refractivity contribution in [3.05, 3.63) is 35.0 Å². The molecule has 1 aromatic heterocycles. The van der Waals surface area contributed by atoms with Crippen LogP contribution >= 0.6 is 0 Å². The predicted octanol–water partition coefficient (Wildman–Crippen LogP) is 3.18. The van der Waals surface area contributed by atoms with E-state index in [4.69, 9.17) is 0 Å². The lowest BCUT2D eigenvalue weighted by atomic mass is 9.91. The molecular formula is C16H20N2O. The first kappa shape index (κ1) is 12.3. The Bertz CT molecular complexity index is 647. The molecule has 19 heavy (non-hydrogen) atoms. The number of hydrogen-bond acceptors (Lipinski definition) is 1. The Morgan fingerprint density at radius 3 is 2.79 bits per heavy atom. The predicted molar refractivity (Wildman–Crippen MR) is 77.5 cm³/mol. The fraction of sp³-hybridized carbons (Fsp3) is 0.438. The monoisotopic (exact) mass is 256 g/mol. The number of carbonyl (C=O) groups is 1. The first-order valence-corrected chi connectivity index (χ1v) is 6.91. The average Bonchev–Trinajstić information content (AvgIpc) is 2.69. The molecule has 3 heteroatoms.